The number of ether oxygens (including phenoxy) is 1. The first-order chi connectivity index (χ1) is 9.59. The van der Waals surface area contributed by atoms with Crippen molar-refractivity contribution in [3.63, 3.8) is 0 Å². The highest BCUT2D eigenvalue weighted by molar-refractivity contribution is 6.30. The predicted octanol–water partition coefficient (Wildman–Crippen LogP) is 2.26. The Labute approximate surface area is 122 Å². The Morgan fingerprint density at radius 2 is 2.10 bits per heavy atom. The first-order valence-corrected chi connectivity index (χ1v) is 6.68. The van der Waals surface area contributed by atoms with Gasteiger partial charge in [0.15, 0.2) is 12.2 Å². The van der Waals surface area contributed by atoms with E-state index in [9.17, 15) is 9.90 Å². The standard InChI is InChI=1S/C15H16ClNO3/c1-10(14-12(16)8-5-9-20-14)17-15(19)13(18)11-6-3-2-4-7-11/h2-10,13-14,18H,1H3,(H,17,19)/t10-,13+,14?/m0/s1. The van der Waals surface area contributed by atoms with Crippen LogP contribution in [-0.4, -0.2) is 23.2 Å². The molecule has 20 heavy (non-hydrogen) atoms. The van der Waals surface area contributed by atoms with Gasteiger partial charge in [0.25, 0.3) is 5.91 Å². The number of hydrogen-bond acceptors (Lipinski definition) is 3. The normalized spacial score (nSPS) is 20.6. The molecule has 0 aromatic heterocycles. The molecule has 1 heterocycles. The van der Waals surface area contributed by atoms with E-state index in [4.69, 9.17) is 16.3 Å². The summed E-state index contributed by atoms with van der Waals surface area (Å²) >= 11 is 6.03. The van der Waals surface area contributed by atoms with Crippen LogP contribution in [0.4, 0.5) is 0 Å². The molecule has 1 amide bonds. The Morgan fingerprint density at radius 1 is 1.40 bits per heavy atom. The summed E-state index contributed by atoms with van der Waals surface area (Å²) in [5, 5.41) is 13.2. The van der Waals surface area contributed by atoms with Gasteiger partial charge in [0, 0.05) is 0 Å². The van der Waals surface area contributed by atoms with E-state index in [-0.39, 0.29) is 6.04 Å². The number of carbonyl (C=O) groups is 1. The number of rotatable bonds is 4. The zero-order valence-electron chi connectivity index (χ0n) is 11.0. The zero-order chi connectivity index (χ0) is 14.5. The molecule has 0 aliphatic carbocycles. The van der Waals surface area contributed by atoms with Gasteiger partial charge in [-0.2, -0.15) is 0 Å². The summed E-state index contributed by atoms with van der Waals surface area (Å²) < 4.78 is 5.36. The van der Waals surface area contributed by atoms with E-state index in [0.717, 1.165) is 0 Å². The van der Waals surface area contributed by atoms with Crippen molar-refractivity contribution < 1.29 is 14.6 Å². The number of hydrogen-bond donors (Lipinski definition) is 2. The Bertz CT molecular complexity index is 527. The summed E-state index contributed by atoms with van der Waals surface area (Å²) in [7, 11) is 0. The highest BCUT2D eigenvalue weighted by Crippen LogP contribution is 2.20. The number of aliphatic hydroxyl groups is 1. The smallest absolute Gasteiger partial charge is 0.253 e. The molecule has 0 spiro atoms. The fourth-order valence-electron chi connectivity index (χ4n) is 1.94. The van der Waals surface area contributed by atoms with Crippen LogP contribution in [0.2, 0.25) is 0 Å². The molecule has 106 valence electrons. The summed E-state index contributed by atoms with van der Waals surface area (Å²) in [5.41, 5.74) is 0.545. The minimum absolute atomic E-state index is 0.352. The molecule has 0 saturated heterocycles. The lowest BCUT2D eigenvalue weighted by Crippen LogP contribution is -2.44. The third-order valence-corrected chi connectivity index (χ3v) is 3.36. The molecule has 4 nitrogen and oxygen atoms in total. The number of halogens is 1. The molecule has 1 aromatic rings. The van der Waals surface area contributed by atoms with Crippen LogP contribution in [0.3, 0.4) is 0 Å². The molecule has 1 unspecified atom stereocenters. The number of carbonyl (C=O) groups excluding carboxylic acids is 1. The van der Waals surface area contributed by atoms with Crippen molar-refractivity contribution in [3.8, 4) is 0 Å². The number of benzene rings is 1. The number of nitrogens with one attached hydrogen (secondary N) is 1. The SMILES string of the molecule is C[C@H](NC(=O)[C@H](O)c1ccccc1)C1OC=CC=C1Cl. The van der Waals surface area contributed by atoms with E-state index in [2.05, 4.69) is 5.32 Å². The largest absolute Gasteiger partial charge is 0.490 e. The lowest BCUT2D eigenvalue weighted by atomic mass is 10.1. The third kappa shape index (κ3) is 3.40. The maximum Gasteiger partial charge on any atom is 0.253 e. The molecule has 1 aliphatic rings. The monoisotopic (exact) mass is 293 g/mol. The van der Waals surface area contributed by atoms with Gasteiger partial charge in [-0.15, -0.1) is 0 Å². The Hall–Kier alpha value is -1.78. The third-order valence-electron chi connectivity index (χ3n) is 3.02. The zero-order valence-corrected chi connectivity index (χ0v) is 11.7. The van der Waals surface area contributed by atoms with Crippen LogP contribution < -0.4 is 5.32 Å². The number of allylic oxidation sites excluding steroid dienone is 2. The molecule has 0 radical (unpaired) electrons. The molecular weight excluding hydrogens is 278 g/mol. The van der Waals surface area contributed by atoms with Crippen molar-refractivity contribution in [1.82, 2.24) is 5.32 Å². The van der Waals surface area contributed by atoms with E-state index < -0.39 is 18.1 Å². The topological polar surface area (TPSA) is 58.6 Å². The second kappa shape index (κ2) is 6.59. The maximum atomic E-state index is 12.0. The van der Waals surface area contributed by atoms with Gasteiger partial charge >= 0.3 is 0 Å². The van der Waals surface area contributed by atoms with Gasteiger partial charge in [-0.3, -0.25) is 4.79 Å². The molecule has 0 bridgehead atoms. The second-order valence-corrected chi connectivity index (χ2v) is 4.98. The van der Waals surface area contributed by atoms with Crippen molar-refractivity contribution in [1.29, 1.82) is 0 Å². The van der Waals surface area contributed by atoms with Gasteiger partial charge in [-0.05, 0) is 24.6 Å². The average molecular weight is 294 g/mol. The summed E-state index contributed by atoms with van der Waals surface area (Å²) in [6, 6.07) is 8.40. The van der Waals surface area contributed by atoms with Crippen molar-refractivity contribution >= 4 is 17.5 Å². The summed E-state index contributed by atoms with van der Waals surface area (Å²) in [4.78, 5) is 12.0. The van der Waals surface area contributed by atoms with Gasteiger partial charge in [-0.1, -0.05) is 41.9 Å². The Morgan fingerprint density at radius 3 is 2.75 bits per heavy atom. The highest BCUT2D eigenvalue weighted by Gasteiger charge is 2.26. The average Bonchev–Trinajstić information content (AvgIpc) is 2.47. The maximum absolute atomic E-state index is 12.0. The lowest BCUT2D eigenvalue weighted by molar-refractivity contribution is -0.130. The Kier molecular flexibility index (Phi) is 4.82. The van der Waals surface area contributed by atoms with Crippen LogP contribution in [0.25, 0.3) is 0 Å². The van der Waals surface area contributed by atoms with E-state index in [1.807, 2.05) is 6.07 Å². The van der Waals surface area contributed by atoms with Crippen LogP contribution in [0.1, 0.15) is 18.6 Å². The fraction of sp³-hybridized carbons (Fsp3) is 0.267. The van der Waals surface area contributed by atoms with E-state index in [1.165, 1.54) is 6.26 Å². The molecule has 3 atom stereocenters. The molecular formula is C15H16ClNO3. The van der Waals surface area contributed by atoms with E-state index in [1.54, 1.807) is 43.3 Å². The van der Waals surface area contributed by atoms with Gasteiger partial charge in [-0.25, -0.2) is 0 Å². The van der Waals surface area contributed by atoms with Crippen LogP contribution >= 0.6 is 11.6 Å². The second-order valence-electron chi connectivity index (χ2n) is 4.55. The highest BCUT2D eigenvalue weighted by atomic mass is 35.5. The van der Waals surface area contributed by atoms with Gasteiger partial charge in [0.1, 0.15) is 0 Å². The molecule has 1 aliphatic heterocycles. The Balaban J connectivity index is 1.97. The fourth-order valence-corrected chi connectivity index (χ4v) is 2.26. The van der Waals surface area contributed by atoms with Crippen molar-refractivity contribution in [2.24, 2.45) is 0 Å². The predicted molar refractivity (Wildman–Crippen MR) is 77.0 cm³/mol. The van der Waals surface area contributed by atoms with Crippen molar-refractivity contribution in [2.45, 2.75) is 25.2 Å². The summed E-state index contributed by atoms with van der Waals surface area (Å²) in [5.74, 6) is -0.480. The van der Waals surface area contributed by atoms with Gasteiger partial charge in [0.2, 0.25) is 0 Å². The van der Waals surface area contributed by atoms with Crippen LogP contribution in [0.15, 0.2) is 53.8 Å². The molecule has 2 rings (SSSR count). The summed E-state index contributed by atoms with van der Waals surface area (Å²) in [6.07, 6.45) is 3.28. The number of aliphatic hydroxyl groups excluding tert-OH is 1. The minimum atomic E-state index is -1.21. The van der Waals surface area contributed by atoms with E-state index >= 15 is 0 Å². The lowest BCUT2D eigenvalue weighted by Gasteiger charge is -2.26. The van der Waals surface area contributed by atoms with Gasteiger partial charge < -0.3 is 15.2 Å². The molecule has 0 saturated carbocycles. The van der Waals surface area contributed by atoms with Crippen LogP contribution in [-0.2, 0) is 9.53 Å². The number of amides is 1. The molecule has 1 aromatic carbocycles. The van der Waals surface area contributed by atoms with Crippen LogP contribution in [0.5, 0.6) is 0 Å². The van der Waals surface area contributed by atoms with Crippen molar-refractivity contribution in [2.75, 3.05) is 0 Å². The van der Waals surface area contributed by atoms with E-state index in [0.29, 0.717) is 10.6 Å². The summed E-state index contributed by atoms with van der Waals surface area (Å²) in [6.45, 7) is 1.77. The quantitative estimate of drug-likeness (QED) is 0.895. The van der Waals surface area contributed by atoms with Crippen LogP contribution in [0, 0.1) is 0 Å². The first-order valence-electron chi connectivity index (χ1n) is 6.30. The van der Waals surface area contributed by atoms with Gasteiger partial charge in [0.05, 0.1) is 17.3 Å². The molecule has 0 fully saturated rings. The molecule has 5 heteroatoms. The van der Waals surface area contributed by atoms with Crippen molar-refractivity contribution in [3.05, 3.63) is 59.3 Å². The first kappa shape index (κ1) is 14.6. The molecule has 2 N–H and O–H groups in total. The minimum Gasteiger partial charge on any atom is -0.490 e.